The number of benzene rings is 3. The maximum Gasteiger partial charge on any atom is 0.333 e. The van der Waals surface area contributed by atoms with Gasteiger partial charge in [0.05, 0.1) is 41.7 Å². The topological polar surface area (TPSA) is 97.3 Å². The molecule has 41 heavy (non-hydrogen) atoms. The molecule has 0 bridgehead atoms. The van der Waals surface area contributed by atoms with E-state index in [1.807, 2.05) is 25.1 Å². The van der Waals surface area contributed by atoms with Crippen molar-refractivity contribution in [1.29, 1.82) is 5.26 Å². The monoisotopic (exact) mass is 632 g/mol. The number of hydrogen-bond acceptors (Lipinski definition) is 5. The molecule has 1 aliphatic heterocycles. The van der Waals surface area contributed by atoms with E-state index in [1.165, 1.54) is 4.57 Å². The molecule has 0 radical (unpaired) electrons. The number of carbonyl (C=O) groups excluding carboxylic acids is 2. The molecule has 2 heterocycles. The van der Waals surface area contributed by atoms with Crippen molar-refractivity contribution in [3.05, 3.63) is 114 Å². The van der Waals surface area contributed by atoms with E-state index >= 15 is 0 Å². The Morgan fingerprint density at radius 1 is 1.07 bits per heavy atom. The molecular formula is C31H26BrClN4O4. The standard InChI is InChI=1S/C31H26BrClN4O4/c1-19-15-24(41-2)10-5-21(19)7-12-28(38)29-27-18-35(30(39)22-6-11-25(32)26(33)16-22)13-14-36(27)31(40)37(29)23-8-3-20(17-34)4-9-23/h3-6,8-11,15-16H,7,12-14,18H2,1-2H3. The number of amides is 1. The zero-order chi connectivity index (χ0) is 29.3. The van der Waals surface area contributed by atoms with Gasteiger partial charge in [-0.2, -0.15) is 5.26 Å². The number of fused-ring (bicyclic) bond motifs is 1. The Hall–Kier alpha value is -4.13. The van der Waals surface area contributed by atoms with E-state index in [-0.39, 0.29) is 42.6 Å². The molecule has 0 N–H and O–H groups in total. The Bertz CT molecular complexity index is 1770. The van der Waals surface area contributed by atoms with E-state index in [0.717, 1.165) is 16.9 Å². The van der Waals surface area contributed by atoms with Gasteiger partial charge < -0.3 is 9.64 Å². The third-order valence-electron chi connectivity index (χ3n) is 7.32. The molecule has 1 aliphatic rings. The minimum absolute atomic E-state index is 0.0909. The Morgan fingerprint density at radius 3 is 2.49 bits per heavy atom. The highest BCUT2D eigenvalue weighted by Gasteiger charge is 2.32. The van der Waals surface area contributed by atoms with Crippen molar-refractivity contribution < 1.29 is 14.3 Å². The minimum Gasteiger partial charge on any atom is -0.497 e. The van der Waals surface area contributed by atoms with Crippen molar-refractivity contribution in [2.45, 2.75) is 32.9 Å². The summed E-state index contributed by atoms with van der Waals surface area (Å²) >= 11 is 9.58. The van der Waals surface area contributed by atoms with E-state index < -0.39 is 0 Å². The van der Waals surface area contributed by atoms with E-state index in [2.05, 4.69) is 22.0 Å². The molecule has 3 aromatic carbocycles. The molecular weight excluding hydrogens is 608 g/mol. The maximum atomic E-state index is 13.9. The summed E-state index contributed by atoms with van der Waals surface area (Å²) in [4.78, 5) is 42.6. The molecule has 0 spiro atoms. The Kier molecular flexibility index (Phi) is 8.15. The van der Waals surface area contributed by atoms with Gasteiger partial charge in [-0.1, -0.05) is 17.7 Å². The average molecular weight is 634 g/mol. The number of hydrogen-bond donors (Lipinski definition) is 0. The third-order valence-corrected chi connectivity index (χ3v) is 8.56. The highest BCUT2D eigenvalue weighted by molar-refractivity contribution is 9.10. The second-order valence-electron chi connectivity index (χ2n) is 9.79. The van der Waals surface area contributed by atoms with Crippen LogP contribution in [0.3, 0.4) is 0 Å². The quantitative estimate of drug-likeness (QED) is 0.243. The molecule has 208 valence electrons. The van der Waals surface area contributed by atoms with Gasteiger partial charge in [-0.25, -0.2) is 4.79 Å². The van der Waals surface area contributed by atoms with Gasteiger partial charge in [-0.3, -0.25) is 18.7 Å². The molecule has 0 atom stereocenters. The van der Waals surface area contributed by atoms with Gasteiger partial charge in [0.15, 0.2) is 5.78 Å². The lowest BCUT2D eigenvalue weighted by molar-refractivity contribution is 0.0707. The van der Waals surface area contributed by atoms with E-state index in [4.69, 9.17) is 16.3 Å². The van der Waals surface area contributed by atoms with E-state index in [9.17, 15) is 19.6 Å². The lowest BCUT2D eigenvalue weighted by Gasteiger charge is -2.28. The van der Waals surface area contributed by atoms with Crippen LogP contribution in [-0.2, 0) is 19.5 Å². The largest absolute Gasteiger partial charge is 0.497 e. The molecule has 0 fully saturated rings. The highest BCUT2D eigenvalue weighted by atomic mass is 79.9. The second kappa shape index (κ2) is 11.8. The first kappa shape index (κ1) is 28.4. The summed E-state index contributed by atoms with van der Waals surface area (Å²) in [7, 11) is 1.61. The summed E-state index contributed by atoms with van der Waals surface area (Å²) in [5.74, 6) is 0.290. The van der Waals surface area contributed by atoms with Gasteiger partial charge >= 0.3 is 5.69 Å². The smallest absolute Gasteiger partial charge is 0.333 e. The first-order valence-electron chi connectivity index (χ1n) is 13.0. The zero-order valence-corrected chi connectivity index (χ0v) is 24.8. The number of aryl methyl sites for hydroxylation is 2. The van der Waals surface area contributed by atoms with Crippen LogP contribution in [0.2, 0.25) is 5.02 Å². The van der Waals surface area contributed by atoms with Crippen molar-refractivity contribution in [2.75, 3.05) is 13.7 Å². The van der Waals surface area contributed by atoms with E-state index in [1.54, 1.807) is 59.0 Å². The van der Waals surface area contributed by atoms with Crippen molar-refractivity contribution in [2.24, 2.45) is 0 Å². The van der Waals surface area contributed by atoms with Crippen LogP contribution in [0, 0.1) is 18.3 Å². The van der Waals surface area contributed by atoms with Crippen LogP contribution in [0.25, 0.3) is 5.69 Å². The second-order valence-corrected chi connectivity index (χ2v) is 11.1. The number of aromatic nitrogens is 2. The number of methoxy groups -OCH3 is 1. The molecule has 0 aliphatic carbocycles. The predicted molar refractivity (Wildman–Crippen MR) is 159 cm³/mol. The molecule has 1 amide bonds. The van der Waals surface area contributed by atoms with Gasteiger partial charge in [0.2, 0.25) is 0 Å². The number of Topliss-reactive ketones (excluding diaryl/α,β-unsaturated/α-hetero) is 1. The number of halogens is 2. The van der Waals surface area contributed by atoms with Crippen molar-refractivity contribution in [3.63, 3.8) is 0 Å². The van der Waals surface area contributed by atoms with Gasteiger partial charge in [0, 0.05) is 29.5 Å². The summed E-state index contributed by atoms with van der Waals surface area (Å²) in [5.41, 5.74) is 3.73. The number of ketones is 1. The molecule has 4 aromatic rings. The van der Waals surface area contributed by atoms with Crippen LogP contribution in [0.15, 0.2) is 69.9 Å². The lowest BCUT2D eigenvalue weighted by atomic mass is 10.00. The summed E-state index contributed by atoms with van der Waals surface area (Å²) in [5, 5.41) is 9.66. The first-order chi connectivity index (χ1) is 19.7. The SMILES string of the molecule is COc1ccc(CCC(=O)c2c3n(c(=O)n2-c2ccc(C#N)cc2)CCN(C(=O)c2ccc(Br)c(Cl)c2)C3)c(C)c1. The number of imidazole rings is 1. The van der Waals surface area contributed by atoms with Gasteiger partial charge in [0.25, 0.3) is 5.91 Å². The fraction of sp³-hybridized carbons (Fsp3) is 0.226. The Labute approximate surface area is 250 Å². The molecule has 5 rings (SSSR count). The van der Waals surface area contributed by atoms with Gasteiger partial charge in [0.1, 0.15) is 11.4 Å². The van der Waals surface area contributed by atoms with Crippen molar-refractivity contribution in [1.82, 2.24) is 14.0 Å². The minimum atomic E-state index is -0.354. The van der Waals surface area contributed by atoms with E-state index in [0.29, 0.717) is 45.0 Å². The molecule has 10 heteroatoms. The maximum absolute atomic E-state index is 13.9. The number of nitrogens with zero attached hydrogens (tertiary/aromatic N) is 4. The average Bonchev–Trinajstić information content (AvgIpc) is 3.28. The van der Waals surface area contributed by atoms with Crippen LogP contribution < -0.4 is 10.4 Å². The molecule has 8 nitrogen and oxygen atoms in total. The van der Waals surface area contributed by atoms with Crippen LogP contribution in [-0.4, -0.2) is 39.4 Å². The Morgan fingerprint density at radius 2 is 1.83 bits per heavy atom. The molecule has 0 saturated carbocycles. The summed E-state index contributed by atoms with van der Waals surface area (Å²) in [6.07, 6.45) is 0.636. The third kappa shape index (κ3) is 5.58. The zero-order valence-electron chi connectivity index (χ0n) is 22.5. The fourth-order valence-electron chi connectivity index (χ4n) is 5.10. The van der Waals surface area contributed by atoms with Crippen LogP contribution in [0.4, 0.5) is 0 Å². The van der Waals surface area contributed by atoms with Gasteiger partial charge in [-0.05, 0) is 95.0 Å². The molecule has 0 unspecified atom stereocenters. The molecule has 0 saturated heterocycles. The van der Waals surface area contributed by atoms with Gasteiger partial charge in [-0.15, -0.1) is 0 Å². The normalized spacial score (nSPS) is 12.5. The number of ether oxygens (including phenoxy) is 1. The first-order valence-corrected chi connectivity index (χ1v) is 14.1. The lowest BCUT2D eigenvalue weighted by Crippen LogP contribution is -2.41. The highest BCUT2D eigenvalue weighted by Crippen LogP contribution is 2.27. The number of carbonyl (C=O) groups is 2. The van der Waals surface area contributed by atoms with Crippen molar-refractivity contribution in [3.8, 4) is 17.5 Å². The number of nitriles is 1. The number of rotatable bonds is 7. The van der Waals surface area contributed by atoms with Crippen LogP contribution >= 0.6 is 27.5 Å². The van der Waals surface area contributed by atoms with Crippen molar-refractivity contribution >= 4 is 39.2 Å². The summed E-state index contributed by atoms with van der Waals surface area (Å²) in [6, 6.07) is 19.3. The van der Waals surface area contributed by atoms with Crippen LogP contribution in [0.1, 0.15) is 49.7 Å². The Balaban J connectivity index is 1.53. The van der Waals surface area contributed by atoms with Crippen LogP contribution in [0.5, 0.6) is 5.75 Å². The fourth-order valence-corrected chi connectivity index (χ4v) is 5.52. The summed E-state index contributed by atoms with van der Waals surface area (Å²) in [6.45, 7) is 2.60. The predicted octanol–water partition coefficient (Wildman–Crippen LogP) is 5.72. The molecule has 1 aromatic heterocycles. The summed E-state index contributed by atoms with van der Waals surface area (Å²) < 4.78 is 8.96.